The number of rotatable bonds is 5. The summed E-state index contributed by atoms with van der Waals surface area (Å²) in [7, 11) is 0. The van der Waals surface area contributed by atoms with E-state index in [-0.39, 0.29) is 29.6 Å². The maximum atomic E-state index is 11.8. The summed E-state index contributed by atoms with van der Waals surface area (Å²) in [6.07, 6.45) is 1.71. The molecule has 16 heavy (non-hydrogen) atoms. The van der Waals surface area contributed by atoms with Gasteiger partial charge in [0.2, 0.25) is 0 Å². The third-order valence-corrected chi connectivity index (χ3v) is 2.01. The van der Waals surface area contributed by atoms with Crippen LogP contribution >= 0.6 is 0 Å². The van der Waals surface area contributed by atoms with Gasteiger partial charge in [0, 0.05) is 6.42 Å². The highest BCUT2D eigenvalue weighted by atomic mass is 16.5. The molecule has 0 aromatic carbocycles. The highest BCUT2D eigenvalue weighted by molar-refractivity contribution is 6.04. The number of ketones is 1. The van der Waals surface area contributed by atoms with Gasteiger partial charge in [-0.1, -0.05) is 13.8 Å². The van der Waals surface area contributed by atoms with Crippen molar-refractivity contribution < 1.29 is 14.3 Å². The van der Waals surface area contributed by atoms with Crippen molar-refractivity contribution >= 4 is 11.8 Å². The molecule has 1 N–H and O–H groups in total. The Morgan fingerprint density at radius 2 is 2.19 bits per heavy atom. The number of nitrogens with zero attached hydrogens (tertiary/aromatic N) is 1. The first kappa shape index (κ1) is 12.4. The van der Waals surface area contributed by atoms with Gasteiger partial charge >= 0.3 is 5.97 Å². The fourth-order valence-electron chi connectivity index (χ4n) is 1.34. The molecule has 0 atom stereocenters. The van der Waals surface area contributed by atoms with Crippen LogP contribution in [0.25, 0.3) is 0 Å². The number of esters is 1. The number of hydrogen-bond donors (Lipinski definition) is 1. The van der Waals surface area contributed by atoms with E-state index in [9.17, 15) is 9.59 Å². The number of ether oxygens (including phenoxy) is 1. The fraction of sp³-hybridized carbons (Fsp3) is 0.545. The minimum absolute atomic E-state index is 0.115. The molecule has 0 fully saturated rings. The van der Waals surface area contributed by atoms with E-state index in [1.165, 1.54) is 6.20 Å². The van der Waals surface area contributed by atoms with Crippen molar-refractivity contribution in [2.75, 3.05) is 6.61 Å². The number of carbonyl (C=O) groups is 2. The number of carbonyl (C=O) groups excluding carboxylic acids is 2. The Kier molecular flexibility index (Phi) is 4.22. The van der Waals surface area contributed by atoms with E-state index < -0.39 is 5.97 Å². The zero-order valence-corrected chi connectivity index (χ0v) is 9.74. The molecule has 0 radical (unpaired) electrons. The summed E-state index contributed by atoms with van der Waals surface area (Å²) in [6, 6.07) is 0. The topological polar surface area (TPSA) is 72.0 Å². The lowest BCUT2D eigenvalue weighted by atomic mass is 10.0. The van der Waals surface area contributed by atoms with Crippen LogP contribution in [0.2, 0.25) is 0 Å². The van der Waals surface area contributed by atoms with Gasteiger partial charge in [0.1, 0.15) is 11.3 Å². The largest absolute Gasteiger partial charge is 0.462 e. The average Bonchev–Trinajstić information content (AvgIpc) is 2.65. The maximum Gasteiger partial charge on any atom is 0.342 e. The first-order valence-corrected chi connectivity index (χ1v) is 5.30. The van der Waals surface area contributed by atoms with Crippen molar-refractivity contribution in [3.05, 3.63) is 17.5 Å². The van der Waals surface area contributed by atoms with Crippen LogP contribution < -0.4 is 0 Å². The second kappa shape index (κ2) is 5.44. The third kappa shape index (κ3) is 2.92. The van der Waals surface area contributed by atoms with Crippen LogP contribution in [0, 0.1) is 5.92 Å². The number of nitrogens with one attached hydrogen (secondary N) is 1. The van der Waals surface area contributed by atoms with E-state index in [2.05, 4.69) is 10.2 Å². The van der Waals surface area contributed by atoms with Crippen LogP contribution in [-0.2, 0) is 4.74 Å². The van der Waals surface area contributed by atoms with Crippen molar-refractivity contribution in [3.63, 3.8) is 0 Å². The minimum Gasteiger partial charge on any atom is -0.462 e. The lowest BCUT2D eigenvalue weighted by molar-refractivity contribution is 0.0523. The van der Waals surface area contributed by atoms with Crippen molar-refractivity contribution in [2.45, 2.75) is 27.2 Å². The zero-order valence-electron chi connectivity index (χ0n) is 9.74. The summed E-state index contributed by atoms with van der Waals surface area (Å²) in [6.45, 7) is 5.88. The van der Waals surface area contributed by atoms with E-state index >= 15 is 0 Å². The molecule has 1 heterocycles. The van der Waals surface area contributed by atoms with Crippen LogP contribution in [0.15, 0.2) is 6.20 Å². The summed E-state index contributed by atoms with van der Waals surface area (Å²) in [5, 5.41) is 6.26. The fourth-order valence-corrected chi connectivity index (χ4v) is 1.34. The number of aromatic amines is 1. The van der Waals surface area contributed by atoms with Gasteiger partial charge in [0.15, 0.2) is 5.78 Å². The van der Waals surface area contributed by atoms with E-state index in [1.807, 2.05) is 13.8 Å². The summed E-state index contributed by atoms with van der Waals surface area (Å²) in [4.78, 5) is 23.2. The number of Topliss-reactive ketones (excluding diaryl/α,β-unsaturated/α-hetero) is 1. The molecule has 0 amide bonds. The smallest absolute Gasteiger partial charge is 0.342 e. The van der Waals surface area contributed by atoms with Crippen molar-refractivity contribution in [1.82, 2.24) is 10.2 Å². The van der Waals surface area contributed by atoms with Crippen LogP contribution in [0.1, 0.15) is 48.0 Å². The van der Waals surface area contributed by atoms with Gasteiger partial charge < -0.3 is 4.74 Å². The maximum absolute atomic E-state index is 11.8. The molecule has 0 aliphatic carbocycles. The molecule has 0 bridgehead atoms. The molecule has 0 unspecified atom stereocenters. The second-order valence-corrected chi connectivity index (χ2v) is 3.90. The van der Waals surface area contributed by atoms with Crippen LogP contribution in [0.4, 0.5) is 0 Å². The van der Waals surface area contributed by atoms with Gasteiger partial charge in [-0.05, 0) is 12.8 Å². The highest BCUT2D eigenvalue weighted by Crippen LogP contribution is 2.12. The Morgan fingerprint density at radius 3 is 2.75 bits per heavy atom. The zero-order chi connectivity index (χ0) is 12.1. The molecule has 0 spiro atoms. The molecule has 0 aliphatic rings. The molecule has 1 aromatic rings. The SMILES string of the molecule is CCOC(=O)c1cn[nH]c1C(=O)CC(C)C. The van der Waals surface area contributed by atoms with Crippen molar-refractivity contribution in [3.8, 4) is 0 Å². The predicted molar refractivity (Wildman–Crippen MR) is 58.3 cm³/mol. The molecule has 0 saturated heterocycles. The molecule has 1 aromatic heterocycles. The molecule has 0 aliphatic heterocycles. The molecule has 5 nitrogen and oxygen atoms in total. The lowest BCUT2D eigenvalue weighted by Gasteiger charge is -2.04. The Balaban J connectivity index is 2.85. The van der Waals surface area contributed by atoms with Gasteiger partial charge in [-0.2, -0.15) is 5.10 Å². The van der Waals surface area contributed by atoms with Crippen molar-refractivity contribution in [2.24, 2.45) is 5.92 Å². The van der Waals surface area contributed by atoms with Crippen LogP contribution in [0.3, 0.4) is 0 Å². The minimum atomic E-state index is -0.511. The van der Waals surface area contributed by atoms with Gasteiger partial charge in [-0.3, -0.25) is 9.89 Å². The average molecular weight is 224 g/mol. The lowest BCUT2D eigenvalue weighted by Crippen LogP contribution is -2.12. The molecular formula is C11H16N2O3. The van der Waals surface area contributed by atoms with E-state index in [1.54, 1.807) is 6.92 Å². The first-order valence-electron chi connectivity index (χ1n) is 5.30. The van der Waals surface area contributed by atoms with Gasteiger partial charge in [0.25, 0.3) is 0 Å². The normalized spacial score (nSPS) is 10.5. The first-order chi connectivity index (χ1) is 7.56. The van der Waals surface area contributed by atoms with E-state index in [0.717, 1.165) is 0 Å². The Labute approximate surface area is 94.2 Å². The van der Waals surface area contributed by atoms with Crippen LogP contribution in [0.5, 0.6) is 0 Å². The Morgan fingerprint density at radius 1 is 1.50 bits per heavy atom. The number of hydrogen-bond acceptors (Lipinski definition) is 4. The van der Waals surface area contributed by atoms with E-state index in [4.69, 9.17) is 4.74 Å². The van der Waals surface area contributed by atoms with Gasteiger partial charge in [-0.25, -0.2) is 4.79 Å². The summed E-state index contributed by atoms with van der Waals surface area (Å²) in [5.74, 6) is -0.384. The summed E-state index contributed by atoms with van der Waals surface area (Å²) < 4.78 is 4.83. The van der Waals surface area contributed by atoms with Gasteiger partial charge in [-0.15, -0.1) is 0 Å². The Bertz CT molecular complexity index is 382. The Hall–Kier alpha value is -1.65. The van der Waals surface area contributed by atoms with Crippen LogP contribution in [-0.4, -0.2) is 28.6 Å². The molecule has 88 valence electrons. The standard InChI is InChI=1S/C11H16N2O3/c1-4-16-11(15)8-6-12-13-10(8)9(14)5-7(2)3/h6-7H,4-5H2,1-3H3,(H,12,13). The second-order valence-electron chi connectivity index (χ2n) is 3.90. The molecule has 5 heteroatoms. The van der Waals surface area contributed by atoms with E-state index in [0.29, 0.717) is 6.42 Å². The molecule has 0 saturated carbocycles. The van der Waals surface area contributed by atoms with Crippen molar-refractivity contribution in [1.29, 1.82) is 0 Å². The number of H-pyrrole nitrogens is 1. The summed E-state index contributed by atoms with van der Waals surface area (Å²) >= 11 is 0. The highest BCUT2D eigenvalue weighted by Gasteiger charge is 2.20. The monoisotopic (exact) mass is 224 g/mol. The molecule has 1 rings (SSSR count). The third-order valence-electron chi connectivity index (χ3n) is 2.01. The molecular weight excluding hydrogens is 208 g/mol. The quantitative estimate of drug-likeness (QED) is 0.611. The number of aromatic nitrogens is 2. The van der Waals surface area contributed by atoms with Gasteiger partial charge in [0.05, 0.1) is 12.8 Å². The predicted octanol–water partition coefficient (Wildman–Crippen LogP) is 1.82. The summed E-state index contributed by atoms with van der Waals surface area (Å²) in [5.41, 5.74) is 0.458.